The minimum absolute atomic E-state index is 0.170. The van der Waals surface area contributed by atoms with Crippen molar-refractivity contribution in [2.75, 3.05) is 0 Å². The van der Waals surface area contributed by atoms with Crippen LogP contribution in [-0.4, -0.2) is 36.6 Å². The number of nitrogens with one attached hydrogen (secondary N) is 1. The van der Waals surface area contributed by atoms with E-state index in [1.807, 2.05) is 26.8 Å². The highest BCUT2D eigenvalue weighted by molar-refractivity contribution is 5.92. The summed E-state index contributed by atoms with van der Waals surface area (Å²) in [6.45, 7) is 6.06. The van der Waals surface area contributed by atoms with Gasteiger partial charge in [-0.05, 0) is 25.0 Å². The lowest BCUT2D eigenvalue weighted by atomic mass is 9.96. The second-order valence-electron chi connectivity index (χ2n) is 7.46. The van der Waals surface area contributed by atoms with Crippen molar-refractivity contribution in [2.45, 2.75) is 45.1 Å². The van der Waals surface area contributed by atoms with Gasteiger partial charge in [0.05, 0.1) is 5.56 Å². The van der Waals surface area contributed by atoms with Crippen LogP contribution in [0, 0.1) is 0 Å². The van der Waals surface area contributed by atoms with Crippen molar-refractivity contribution in [3.8, 4) is 17.3 Å². The number of hydrogen-bond donors (Lipinski definition) is 1. The number of carbonyl (C=O) groups excluding carboxylic acids is 1. The highest BCUT2D eigenvalue weighted by atomic mass is 16.5. The maximum Gasteiger partial charge on any atom is 0.271 e. The summed E-state index contributed by atoms with van der Waals surface area (Å²) in [4.78, 5) is 25.3. The summed E-state index contributed by atoms with van der Waals surface area (Å²) in [5.41, 5.74) is 0.823. The molecule has 0 spiro atoms. The Balaban J connectivity index is 1.67. The third-order valence-electron chi connectivity index (χ3n) is 4.09. The van der Waals surface area contributed by atoms with Gasteiger partial charge < -0.3 is 9.84 Å². The summed E-state index contributed by atoms with van der Waals surface area (Å²) in [7, 11) is 0. The van der Waals surface area contributed by atoms with Crippen LogP contribution in [0.1, 0.15) is 49.9 Å². The number of carbonyl (C=O) groups is 1. The van der Waals surface area contributed by atoms with Crippen molar-refractivity contribution in [2.24, 2.45) is 0 Å². The van der Waals surface area contributed by atoms with E-state index < -0.39 is 0 Å². The summed E-state index contributed by atoms with van der Waals surface area (Å²) in [5.74, 6) is 1.42. The van der Waals surface area contributed by atoms with Gasteiger partial charge in [-0.3, -0.25) is 9.36 Å². The Bertz CT molecular complexity index is 948. The van der Waals surface area contributed by atoms with E-state index in [4.69, 9.17) is 4.52 Å². The Kier molecular flexibility index (Phi) is 3.82. The molecule has 1 amide bonds. The molecule has 0 unspecified atom stereocenters. The Hall–Kier alpha value is -3.03. The Morgan fingerprint density at radius 1 is 1.31 bits per heavy atom. The molecule has 8 nitrogen and oxygen atoms in total. The second kappa shape index (κ2) is 6.05. The summed E-state index contributed by atoms with van der Waals surface area (Å²) in [6, 6.07) is 3.94. The lowest BCUT2D eigenvalue weighted by molar-refractivity contribution is 0.0946. The molecule has 1 saturated carbocycles. The lowest BCUT2D eigenvalue weighted by Crippen LogP contribution is -2.25. The molecule has 3 heterocycles. The average molecular weight is 352 g/mol. The van der Waals surface area contributed by atoms with E-state index >= 15 is 0 Å². The topological polar surface area (TPSA) is 98.7 Å². The maximum atomic E-state index is 12.2. The SMILES string of the molecule is CC(C)(C)c1noc(-c2cccnc2-n2cnc(C(=O)NC3CC3)c2)n1. The van der Waals surface area contributed by atoms with Crippen LogP contribution in [0.15, 0.2) is 35.4 Å². The van der Waals surface area contributed by atoms with Crippen LogP contribution in [0.5, 0.6) is 0 Å². The van der Waals surface area contributed by atoms with Crippen LogP contribution >= 0.6 is 0 Å². The third-order valence-corrected chi connectivity index (χ3v) is 4.09. The van der Waals surface area contributed by atoms with Gasteiger partial charge in [-0.1, -0.05) is 25.9 Å². The monoisotopic (exact) mass is 352 g/mol. The molecule has 26 heavy (non-hydrogen) atoms. The summed E-state index contributed by atoms with van der Waals surface area (Å²) in [6.07, 6.45) is 6.96. The van der Waals surface area contributed by atoms with Crippen LogP contribution in [0.25, 0.3) is 17.3 Å². The highest BCUT2D eigenvalue weighted by Gasteiger charge is 2.26. The van der Waals surface area contributed by atoms with Crippen LogP contribution < -0.4 is 5.32 Å². The van der Waals surface area contributed by atoms with E-state index in [2.05, 4.69) is 25.4 Å². The first-order chi connectivity index (χ1) is 12.4. The number of rotatable bonds is 4. The first-order valence-electron chi connectivity index (χ1n) is 8.56. The Morgan fingerprint density at radius 2 is 2.12 bits per heavy atom. The average Bonchev–Trinajstić information content (AvgIpc) is 3.11. The molecule has 134 valence electrons. The molecule has 1 N–H and O–H groups in total. The number of nitrogens with zero attached hydrogens (tertiary/aromatic N) is 5. The minimum Gasteiger partial charge on any atom is -0.348 e. The minimum atomic E-state index is -0.215. The number of amides is 1. The zero-order chi connectivity index (χ0) is 18.3. The number of imidazole rings is 1. The third kappa shape index (κ3) is 3.22. The number of pyridine rings is 1. The van der Waals surface area contributed by atoms with E-state index in [1.54, 1.807) is 29.4 Å². The van der Waals surface area contributed by atoms with E-state index in [-0.39, 0.29) is 17.4 Å². The largest absolute Gasteiger partial charge is 0.348 e. The summed E-state index contributed by atoms with van der Waals surface area (Å²) in [5, 5.41) is 6.99. The normalized spacial score (nSPS) is 14.4. The molecule has 0 bridgehead atoms. The van der Waals surface area contributed by atoms with Crippen molar-refractivity contribution in [1.82, 2.24) is 30.0 Å². The molecular formula is C18H20N6O2. The standard InChI is InChI=1S/C18H20N6O2/c1-18(2,3)17-22-16(26-23-17)12-5-4-8-19-14(12)24-9-13(20-10-24)15(25)21-11-6-7-11/h4-5,8-11H,6-7H2,1-3H3,(H,21,25). The fourth-order valence-electron chi connectivity index (χ4n) is 2.45. The van der Waals surface area contributed by atoms with Gasteiger partial charge >= 0.3 is 0 Å². The van der Waals surface area contributed by atoms with Crippen molar-refractivity contribution in [3.63, 3.8) is 0 Å². The maximum absolute atomic E-state index is 12.2. The van der Waals surface area contributed by atoms with Gasteiger partial charge in [0.25, 0.3) is 11.8 Å². The first-order valence-corrected chi connectivity index (χ1v) is 8.56. The van der Waals surface area contributed by atoms with Gasteiger partial charge in [0, 0.05) is 23.9 Å². The van der Waals surface area contributed by atoms with Crippen molar-refractivity contribution >= 4 is 5.91 Å². The van der Waals surface area contributed by atoms with Crippen LogP contribution in [0.2, 0.25) is 0 Å². The second-order valence-corrected chi connectivity index (χ2v) is 7.46. The Morgan fingerprint density at radius 3 is 2.81 bits per heavy atom. The molecule has 8 heteroatoms. The molecule has 0 saturated heterocycles. The van der Waals surface area contributed by atoms with Crippen molar-refractivity contribution in [3.05, 3.63) is 42.4 Å². The van der Waals surface area contributed by atoms with E-state index in [0.717, 1.165) is 12.8 Å². The molecule has 1 fully saturated rings. The predicted octanol–water partition coefficient (Wildman–Crippen LogP) is 2.51. The fraction of sp³-hybridized carbons (Fsp3) is 0.389. The van der Waals surface area contributed by atoms with Gasteiger partial charge in [-0.15, -0.1) is 0 Å². The van der Waals surface area contributed by atoms with Gasteiger partial charge in [-0.2, -0.15) is 4.98 Å². The predicted molar refractivity (Wildman–Crippen MR) is 93.8 cm³/mol. The van der Waals surface area contributed by atoms with Crippen LogP contribution in [0.4, 0.5) is 0 Å². The molecule has 1 aliphatic rings. The van der Waals surface area contributed by atoms with E-state index in [1.165, 1.54) is 0 Å². The van der Waals surface area contributed by atoms with Crippen LogP contribution in [-0.2, 0) is 5.41 Å². The molecule has 0 aromatic carbocycles. The molecule has 3 aromatic heterocycles. The van der Waals surface area contributed by atoms with Gasteiger partial charge in [-0.25, -0.2) is 9.97 Å². The summed E-state index contributed by atoms with van der Waals surface area (Å²) < 4.78 is 7.13. The first kappa shape index (κ1) is 16.4. The quantitative estimate of drug-likeness (QED) is 0.774. The zero-order valence-corrected chi connectivity index (χ0v) is 14.9. The fourth-order valence-corrected chi connectivity index (χ4v) is 2.45. The number of hydrogen-bond acceptors (Lipinski definition) is 6. The molecule has 4 rings (SSSR count). The van der Waals surface area contributed by atoms with E-state index in [0.29, 0.717) is 28.8 Å². The highest BCUT2D eigenvalue weighted by Crippen LogP contribution is 2.27. The lowest BCUT2D eigenvalue weighted by Gasteiger charge is -2.11. The van der Waals surface area contributed by atoms with Gasteiger partial charge in [0.15, 0.2) is 11.6 Å². The Labute approximate surface area is 150 Å². The zero-order valence-electron chi connectivity index (χ0n) is 14.9. The number of aromatic nitrogens is 5. The molecule has 1 aliphatic carbocycles. The van der Waals surface area contributed by atoms with Crippen molar-refractivity contribution < 1.29 is 9.32 Å². The molecule has 0 radical (unpaired) electrons. The molecule has 3 aromatic rings. The van der Waals surface area contributed by atoms with E-state index in [9.17, 15) is 4.79 Å². The summed E-state index contributed by atoms with van der Waals surface area (Å²) >= 11 is 0. The van der Waals surface area contributed by atoms with Crippen LogP contribution in [0.3, 0.4) is 0 Å². The molecule has 0 aliphatic heterocycles. The van der Waals surface area contributed by atoms with Gasteiger partial charge in [0.1, 0.15) is 12.0 Å². The molecule has 0 atom stereocenters. The van der Waals surface area contributed by atoms with Crippen molar-refractivity contribution in [1.29, 1.82) is 0 Å². The molecular weight excluding hydrogens is 332 g/mol. The smallest absolute Gasteiger partial charge is 0.271 e. The van der Waals surface area contributed by atoms with Gasteiger partial charge in [0.2, 0.25) is 0 Å².